The van der Waals surface area contributed by atoms with Gasteiger partial charge in [-0.1, -0.05) is 59.9 Å². The van der Waals surface area contributed by atoms with Crippen LogP contribution in [0.2, 0.25) is 0 Å². The molecule has 1 atom stereocenters. The number of Topliss-reactive ketones (excluding diaryl/α,β-unsaturated/α-hetero) is 1. The number of ketones is 1. The number of carbonyl (C=O) groups is 1. The smallest absolute Gasteiger partial charge is 0.205 e. The Bertz CT molecular complexity index is 590. The zero-order valence-electron chi connectivity index (χ0n) is 10.8. The Morgan fingerprint density at radius 2 is 1.95 bits per heavy atom. The standard InChI is InChI=1S/C14H13Cl3N2O/c1-2-11(14(15,16)17)12(20)13-18-8-9-19(13)10-6-4-3-5-7-10/h3-9,11H,2H2,1H3/t11-/m1/s1. The van der Waals surface area contributed by atoms with E-state index in [9.17, 15) is 4.79 Å². The lowest BCUT2D eigenvalue weighted by atomic mass is 10.0. The number of hydrogen-bond acceptors (Lipinski definition) is 2. The highest BCUT2D eigenvalue weighted by Gasteiger charge is 2.38. The molecule has 0 spiro atoms. The fraction of sp³-hybridized carbons (Fsp3) is 0.286. The van der Waals surface area contributed by atoms with Crippen LogP contribution in [0.3, 0.4) is 0 Å². The predicted octanol–water partition coefficient (Wildman–Crippen LogP) is 4.45. The highest BCUT2D eigenvalue weighted by Crippen LogP contribution is 2.38. The minimum atomic E-state index is -1.64. The van der Waals surface area contributed by atoms with E-state index in [1.807, 2.05) is 30.3 Å². The van der Waals surface area contributed by atoms with Gasteiger partial charge >= 0.3 is 0 Å². The molecule has 0 unspecified atom stereocenters. The summed E-state index contributed by atoms with van der Waals surface area (Å²) in [6.45, 7) is 1.81. The molecule has 0 saturated heterocycles. The molecule has 0 amide bonds. The van der Waals surface area contributed by atoms with Crippen LogP contribution in [0.1, 0.15) is 24.0 Å². The van der Waals surface area contributed by atoms with Gasteiger partial charge in [-0.25, -0.2) is 4.98 Å². The molecule has 0 fully saturated rings. The highest BCUT2D eigenvalue weighted by molar-refractivity contribution is 6.68. The highest BCUT2D eigenvalue weighted by atomic mass is 35.6. The zero-order valence-corrected chi connectivity index (χ0v) is 13.0. The van der Waals surface area contributed by atoms with Gasteiger partial charge in [-0.15, -0.1) is 0 Å². The molecule has 0 N–H and O–H groups in total. The molecule has 20 heavy (non-hydrogen) atoms. The summed E-state index contributed by atoms with van der Waals surface area (Å²) < 4.78 is 0.0563. The monoisotopic (exact) mass is 330 g/mol. The third-order valence-corrected chi connectivity index (χ3v) is 3.81. The van der Waals surface area contributed by atoms with Crippen molar-refractivity contribution in [2.45, 2.75) is 17.1 Å². The van der Waals surface area contributed by atoms with Crippen molar-refractivity contribution in [1.29, 1.82) is 0 Å². The van der Waals surface area contributed by atoms with Crippen LogP contribution < -0.4 is 0 Å². The Labute approximate surface area is 132 Å². The minimum Gasteiger partial charge on any atom is -0.297 e. The molecule has 106 valence electrons. The Morgan fingerprint density at radius 3 is 2.50 bits per heavy atom. The van der Waals surface area contributed by atoms with Gasteiger partial charge in [0.2, 0.25) is 9.58 Å². The number of hydrogen-bond donors (Lipinski definition) is 0. The second-order valence-electron chi connectivity index (χ2n) is 4.32. The summed E-state index contributed by atoms with van der Waals surface area (Å²) in [5, 5.41) is 0. The zero-order chi connectivity index (χ0) is 14.8. The minimum absolute atomic E-state index is 0.273. The first-order valence-electron chi connectivity index (χ1n) is 6.15. The van der Waals surface area contributed by atoms with E-state index in [1.54, 1.807) is 23.9 Å². The molecule has 1 aromatic carbocycles. The number of benzene rings is 1. The largest absolute Gasteiger partial charge is 0.297 e. The molecule has 0 radical (unpaired) electrons. The molecule has 1 heterocycles. The number of aromatic nitrogens is 2. The average molecular weight is 332 g/mol. The first kappa shape index (κ1) is 15.4. The molecule has 0 aliphatic carbocycles. The summed E-state index contributed by atoms with van der Waals surface area (Å²) in [6.07, 6.45) is 3.70. The van der Waals surface area contributed by atoms with Crippen LogP contribution in [0.5, 0.6) is 0 Å². The first-order chi connectivity index (χ1) is 9.45. The van der Waals surface area contributed by atoms with E-state index < -0.39 is 9.71 Å². The van der Waals surface area contributed by atoms with E-state index in [1.165, 1.54) is 0 Å². The fourth-order valence-electron chi connectivity index (χ4n) is 2.00. The van der Waals surface area contributed by atoms with Gasteiger partial charge in [-0.3, -0.25) is 9.36 Å². The Hall–Kier alpha value is -1.03. The van der Waals surface area contributed by atoms with Gasteiger partial charge in [-0.05, 0) is 18.6 Å². The van der Waals surface area contributed by atoms with Gasteiger partial charge in [0.05, 0.1) is 5.92 Å². The van der Waals surface area contributed by atoms with E-state index >= 15 is 0 Å². The van der Waals surface area contributed by atoms with Crippen molar-refractivity contribution in [1.82, 2.24) is 9.55 Å². The van der Waals surface area contributed by atoms with Crippen molar-refractivity contribution in [3.8, 4) is 5.69 Å². The summed E-state index contributed by atoms with van der Waals surface area (Å²) >= 11 is 17.6. The molecule has 0 saturated carbocycles. The summed E-state index contributed by atoms with van der Waals surface area (Å²) in [5.74, 6) is -0.729. The van der Waals surface area contributed by atoms with Crippen molar-refractivity contribution in [2.24, 2.45) is 5.92 Å². The van der Waals surface area contributed by atoms with E-state index in [0.29, 0.717) is 6.42 Å². The molecule has 0 bridgehead atoms. The van der Waals surface area contributed by atoms with Crippen molar-refractivity contribution in [2.75, 3.05) is 0 Å². The molecule has 3 nitrogen and oxygen atoms in total. The summed E-state index contributed by atoms with van der Waals surface area (Å²) in [6, 6.07) is 9.44. The van der Waals surface area contributed by atoms with Crippen molar-refractivity contribution in [3.63, 3.8) is 0 Å². The molecular weight excluding hydrogens is 319 g/mol. The third kappa shape index (κ3) is 3.17. The van der Waals surface area contributed by atoms with E-state index in [0.717, 1.165) is 5.69 Å². The number of imidazole rings is 1. The normalized spacial score (nSPS) is 13.2. The topological polar surface area (TPSA) is 34.9 Å². The number of rotatable bonds is 4. The Kier molecular flexibility index (Phi) is 4.74. The van der Waals surface area contributed by atoms with Gasteiger partial charge in [0.15, 0.2) is 5.82 Å². The summed E-state index contributed by atoms with van der Waals surface area (Å²) in [7, 11) is 0. The van der Waals surface area contributed by atoms with E-state index in [4.69, 9.17) is 34.8 Å². The van der Waals surface area contributed by atoms with Crippen LogP contribution in [-0.2, 0) is 0 Å². The van der Waals surface area contributed by atoms with E-state index in [2.05, 4.69) is 4.98 Å². The second kappa shape index (κ2) is 6.17. The van der Waals surface area contributed by atoms with E-state index in [-0.39, 0.29) is 11.6 Å². The third-order valence-electron chi connectivity index (χ3n) is 3.02. The maximum Gasteiger partial charge on any atom is 0.205 e. The quantitative estimate of drug-likeness (QED) is 0.613. The van der Waals surface area contributed by atoms with Crippen LogP contribution in [-0.4, -0.2) is 19.1 Å². The van der Waals surface area contributed by atoms with Gasteiger partial charge in [0.25, 0.3) is 0 Å². The van der Waals surface area contributed by atoms with Gasteiger partial charge in [0.1, 0.15) is 0 Å². The molecule has 2 aromatic rings. The predicted molar refractivity (Wildman–Crippen MR) is 82.0 cm³/mol. The second-order valence-corrected chi connectivity index (χ2v) is 6.69. The molecule has 6 heteroatoms. The van der Waals surface area contributed by atoms with Crippen molar-refractivity contribution >= 4 is 40.6 Å². The molecule has 1 aromatic heterocycles. The lowest BCUT2D eigenvalue weighted by molar-refractivity contribution is 0.0906. The SMILES string of the molecule is CC[C@H](C(=O)c1nccn1-c1ccccc1)C(Cl)(Cl)Cl. The van der Waals surface area contributed by atoms with Crippen LogP contribution >= 0.6 is 34.8 Å². The van der Waals surface area contributed by atoms with Crippen LogP contribution in [0.25, 0.3) is 5.69 Å². The lowest BCUT2D eigenvalue weighted by Gasteiger charge is -2.21. The summed E-state index contributed by atoms with van der Waals surface area (Å²) in [4.78, 5) is 16.7. The van der Waals surface area contributed by atoms with Crippen molar-refractivity contribution in [3.05, 3.63) is 48.5 Å². The Balaban J connectivity index is 2.40. The van der Waals surface area contributed by atoms with Gasteiger partial charge in [-0.2, -0.15) is 0 Å². The fourth-order valence-corrected chi connectivity index (χ4v) is 2.76. The van der Waals surface area contributed by atoms with Crippen LogP contribution in [0.4, 0.5) is 0 Å². The number of halogens is 3. The molecule has 0 aliphatic heterocycles. The number of alkyl halides is 3. The average Bonchev–Trinajstić information content (AvgIpc) is 2.88. The molecule has 2 rings (SSSR count). The summed E-state index contributed by atoms with van der Waals surface area (Å²) in [5.41, 5.74) is 0.840. The van der Waals surface area contributed by atoms with Crippen LogP contribution in [0.15, 0.2) is 42.7 Å². The lowest BCUT2D eigenvalue weighted by Crippen LogP contribution is -2.29. The number of para-hydroxylation sites is 1. The maximum absolute atomic E-state index is 12.5. The van der Waals surface area contributed by atoms with Crippen molar-refractivity contribution < 1.29 is 4.79 Å². The van der Waals surface area contributed by atoms with Gasteiger partial charge < -0.3 is 0 Å². The van der Waals surface area contributed by atoms with Crippen LogP contribution in [0, 0.1) is 5.92 Å². The number of nitrogens with zero attached hydrogens (tertiary/aromatic N) is 2. The number of carbonyl (C=O) groups excluding carboxylic acids is 1. The van der Waals surface area contributed by atoms with Gasteiger partial charge in [0, 0.05) is 18.1 Å². The maximum atomic E-state index is 12.5. The Morgan fingerprint density at radius 1 is 1.30 bits per heavy atom. The first-order valence-corrected chi connectivity index (χ1v) is 7.28. The molecular formula is C14H13Cl3N2O. The molecule has 0 aliphatic rings.